The summed E-state index contributed by atoms with van der Waals surface area (Å²) in [5.74, 6) is 0.697. The highest BCUT2D eigenvalue weighted by Gasteiger charge is 2.29. The molecule has 3 rings (SSSR count). The zero-order valence-corrected chi connectivity index (χ0v) is 16.3. The quantitative estimate of drug-likeness (QED) is 0.754. The van der Waals surface area contributed by atoms with Gasteiger partial charge in [-0.2, -0.15) is 15.6 Å². The van der Waals surface area contributed by atoms with E-state index in [1.54, 1.807) is 40.5 Å². The normalized spacial score (nSPS) is 15.8. The first-order valence-corrected chi connectivity index (χ1v) is 10.8. The van der Waals surface area contributed by atoms with Crippen LogP contribution in [0, 0.1) is 0 Å². The van der Waals surface area contributed by atoms with Crippen molar-refractivity contribution in [2.75, 3.05) is 33.3 Å². The zero-order chi connectivity index (χ0) is 18.6. The van der Waals surface area contributed by atoms with E-state index in [0.717, 1.165) is 6.42 Å². The number of methoxy groups -OCH3 is 1. The van der Waals surface area contributed by atoms with Crippen molar-refractivity contribution in [1.82, 2.24) is 9.21 Å². The molecule has 1 aromatic carbocycles. The van der Waals surface area contributed by atoms with Crippen LogP contribution in [-0.4, -0.2) is 56.8 Å². The van der Waals surface area contributed by atoms with Crippen LogP contribution in [-0.2, 0) is 21.2 Å². The van der Waals surface area contributed by atoms with Gasteiger partial charge in [0.2, 0.25) is 15.9 Å². The molecule has 0 radical (unpaired) electrons. The topological polar surface area (TPSA) is 66.9 Å². The van der Waals surface area contributed by atoms with Crippen molar-refractivity contribution < 1.29 is 17.9 Å². The molecule has 26 heavy (non-hydrogen) atoms. The van der Waals surface area contributed by atoms with Crippen molar-refractivity contribution in [3.63, 3.8) is 0 Å². The average molecular weight is 395 g/mol. The fraction of sp³-hybridized carbons (Fsp3) is 0.389. The molecule has 2 aromatic rings. The minimum atomic E-state index is -3.54. The summed E-state index contributed by atoms with van der Waals surface area (Å²) < 4.78 is 32.0. The molecular formula is C18H22N2O4S2. The van der Waals surface area contributed by atoms with Crippen LogP contribution >= 0.6 is 11.3 Å². The molecule has 2 heterocycles. The lowest BCUT2D eigenvalue weighted by Crippen LogP contribution is -2.50. The number of piperazine rings is 1. The van der Waals surface area contributed by atoms with Gasteiger partial charge in [0.25, 0.3) is 0 Å². The van der Waals surface area contributed by atoms with Gasteiger partial charge in [-0.05, 0) is 53.1 Å². The van der Waals surface area contributed by atoms with E-state index >= 15 is 0 Å². The Hall–Kier alpha value is -1.90. The summed E-state index contributed by atoms with van der Waals surface area (Å²) in [4.78, 5) is 14.3. The Bertz CT molecular complexity index is 825. The zero-order valence-electron chi connectivity index (χ0n) is 14.6. The minimum Gasteiger partial charge on any atom is -0.497 e. The predicted molar refractivity (Wildman–Crippen MR) is 101 cm³/mol. The second kappa shape index (κ2) is 8.20. The van der Waals surface area contributed by atoms with Crippen molar-refractivity contribution in [3.8, 4) is 5.75 Å². The van der Waals surface area contributed by atoms with E-state index < -0.39 is 10.0 Å². The Kier molecular flexibility index (Phi) is 5.95. The Morgan fingerprint density at radius 3 is 2.38 bits per heavy atom. The third-order valence-corrected chi connectivity index (χ3v) is 7.14. The highest BCUT2D eigenvalue weighted by atomic mass is 32.2. The van der Waals surface area contributed by atoms with Crippen LogP contribution in [0.1, 0.15) is 12.0 Å². The number of rotatable bonds is 6. The van der Waals surface area contributed by atoms with E-state index in [9.17, 15) is 13.2 Å². The summed E-state index contributed by atoms with van der Waals surface area (Å²) in [6.45, 7) is 1.49. The Labute approximate surface area is 158 Å². The maximum absolute atomic E-state index is 12.7. The molecule has 0 saturated carbocycles. The molecule has 0 unspecified atom stereocenters. The molecule has 0 N–H and O–H groups in total. The van der Waals surface area contributed by atoms with Crippen molar-refractivity contribution in [2.24, 2.45) is 0 Å². The smallest absolute Gasteiger partial charge is 0.243 e. The van der Waals surface area contributed by atoms with E-state index in [4.69, 9.17) is 4.74 Å². The highest BCUT2D eigenvalue weighted by Crippen LogP contribution is 2.21. The third-order valence-electron chi connectivity index (χ3n) is 4.50. The summed E-state index contributed by atoms with van der Waals surface area (Å²) >= 11 is 1.62. The summed E-state index contributed by atoms with van der Waals surface area (Å²) in [5.41, 5.74) is 1.17. The summed E-state index contributed by atoms with van der Waals surface area (Å²) in [5, 5.41) is 4.05. The molecular weight excluding hydrogens is 372 g/mol. The number of ether oxygens (including phenoxy) is 1. The van der Waals surface area contributed by atoms with E-state index in [-0.39, 0.29) is 10.8 Å². The Morgan fingerprint density at radius 1 is 1.12 bits per heavy atom. The fourth-order valence-corrected chi connectivity index (χ4v) is 5.04. The van der Waals surface area contributed by atoms with Gasteiger partial charge >= 0.3 is 0 Å². The van der Waals surface area contributed by atoms with E-state index in [1.807, 2.05) is 16.8 Å². The van der Waals surface area contributed by atoms with E-state index in [1.165, 1.54) is 17.0 Å². The van der Waals surface area contributed by atoms with Gasteiger partial charge in [-0.15, -0.1) is 0 Å². The van der Waals surface area contributed by atoms with Crippen LogP contribution in [0.25, 0.3) is 0 Å². The van der Waals surface area contributed by atoms with E-state index in [2.05, 4.69) is 0 Å². The van der Waals surface area contributed by atoms with Crippen LogP contribution in [0.15, 0.2) is 46.0 Å². The first-order chi connectivity index (χ1) is 12.5. The molecule has 0 bridgehead atoms. The average Bonchev–Trinajstić information content (AvgIpc) is 3.20. The number of hydrogen-bond acceptors (Lipinski definition) is 5. The van der Waals surface area contributed by atoms with Gasteiger partial charge in [-0.25, -0.2) is 8.42 Å². The van der Waals surface area contributed by atoms with Gasteiger partial charge in [-0.1, -0.05) is 0 Å². The monoisotopic (exact) mass is 394 g/mol. The number of nitrogens with zero attached hydrogens (tertiary/aromatic N) is 2. The summed E-state index contributed by atoms with van der Waals surface area (Å²) in [6.07, 6.45) is 1.19. The number of amides is 1. The molecule has 1 saturated heterocycles. The minimum absolute atomic E-state index is 0.0812. The van der Waals surface area contributed by atoms with Crippen molar-refractivity contribution >= 4 is 27.3 Å². The molecule has 0 spiro atoms. The maximum Gasteiger partial charge on any atom is 0.243 e. The molecule has 1 aliphatic heterocycles. The summed E-state index contributed by atoms with van der Waals surface area (Å²) in [6, 6.07) is 8.39. The standard InChI is InChI=1S/C18H22N2O4S2/c1-24-16-3-5-17(6-4-16)26(22,23)20-11-9-19(10-12-20)18(21)7-2-15-8-13-25-14-15/h3-6,8,13-14H,2,7,9-12H2,1H3. The number of aryl methyl sites for hydroxylation is 1. The number of carbonyl (C=O) groups is 1. The fourth-order valence-electron chi connectivity index (χ4n) is 2.92. The van der Waals surface area contributed by atoms with Gasteiger partial charge in [-0.3, -0.25) is 4.79 Å². The van der Waals surface area contributed by atoms with Gasteiger partial charge in [0.1, 0.15) is 5.75 Å². The molecule has 1 amide bonds. The van der Waals surface area contributed by atoms with Crippen LogP contribution < -0.4 is 4.74 Å². The Balaban J connectivity index is 1.55. The first-order valence-electron chi connectivity index (χ1n) is 8.44. The molecule has 1 aliphatic rings. The number of carbonyl (C=O) groups excluding carboxylic acids is 1. The lowest BCUT2D eigenvalue weighted by Gasteiger charge is -2.34. The molecule has 1 aromatic heterocycles. The van der Waals surface area contributed by atoms with Gasteiger partial charge in [0.15, 0.2) is 0 Å². The highest BCUT2D eigenvalue weighted by molar-refractivity contribution is 7.89. The molecule has 6 nitrogen and oxygen atoms in total. The van der Waals surface area contributed by atoms with Gasteiger partial charge in [0.05, 0.1) is 12.0 Å². The number of hydrogen-bond donors (Lipinski definition) is 0. The van der Waals surface area contributed by atoms with Crippen LogP contribution in [0.5, 0.6) is 5.75 Å². The van der Waals surface area contributed by atoms with E-state index in [0.29, 0.717) is 38.3 Å². The van der Waals surface area contributed by atoms with Gasteiger partial charge in [0, 0.05) is 32.6 Å². The second-order valence-corrected chi connectivity index (χ2v) is 8.81. The molecule has 140 valence electrons. The molecule has 0 aliphatic carbocycles. The first kappa shape index (κ1) is 18.9. The van der Waals surface area contributed by atoms with Crippen LogP contribution in [0.2, 0.25) is 0 Å². The van der Waals surface area contributed by atoms with Crippen molar-refractivity contribution in [2.45, 2.75) is 17.7 Å². The lowest BCUT2D eigenvalue weighted by molar-refractivity contribution is -0.132. The molecule has 0 atom stereocenters. The molecule has 1 fully saturated rings. The third kappa shape index (κ3) is 4.25. The van der Waals surface area contributed by atoms with Crippen molar-refractivity contribution in [3.05, 3.63) is 46.7 Å². The van der Waals surface area contributed by atoms with Gasteiger partial charge < -0.3 is 9.64 Å². The van der Waals surface area contributed by atoms with Crippen LogP contribution in [0.3, 0.4) is 0 Å². The number of thiophene rings is 1. The number of sulfonamides is 1. The second-order valence-electron chi connectivity index (χ2n) is 6.09. The largest absolute Gasteiger partial charge is 0.497 e. The Morgan fingerprint density at radius 2 is 1.81 bits per heavy atom. The predicted octanol–water partition coefficient (Wildman–Crippen LogP) is 2.22. The maximum atomic E-state index is 12.7. The van der Waals surface area contributed by atoms with Crippen molar-refractivity contribution in [1.29, 1.82) is 0 Å². The summed E-state index contributed by atoms with van der Waals surface area (Å²) in [7, 11) is -2.00. The lowest BCUT2D eigenvalue weighted by atomic mass is 10.1. The number of benzene rings is 1. The molecule has 8 heteroatoms. The SMILES string of the molecule is COc1ccc(S(=O)(=O)N2CCN(C(=O)CCc3ccsc3)CC2)cc1. The van der Waals surface area contributed by atoms with Crippen LogP contribution in [0.4, 0.5) is 0 Å².